The number of nitrogens with zero attached hydrogens (tertiary/aromatic N) is 4. The van der Waals surface area contributed by atoms with Crippen LogP contribution in [0.25, 0.3) is 11.0 Å². The molecule has 8 nitrogen and oxygen atoms in total. The van der Waals surface area contributed by atoms with Gasteiger partial charge in [0.05, 0.1) is 30.7 Å². The molecule has 9 heteroatoms. The Labute approximate surface area is 190 Å². The van der Waals surface area contributed by atoms with E-state index in [1.165, 1.54) is 0 Å². The third-order valence-corrected chi connectivity index (χ3v) is 6.18. The summed E-state index contributed by atoms with van der Waals surface area (Å²) in [5, 5.41) is 3.46. The third kappa shape index (κ3) is 4.09. The molecule has 1 aromatic heterocycles. The van der Waals surface area contributed by atoms with Crippen molar-refractivity contribution in [2.75, 3.05) is 49.6 Å². The fourth-order valence-corrected chi connectivity index (χ4v) is 4.42. The lowest BCUT2D eigenvalue weighted by molar-refractivity contribution is -0.124. The molecule has 3 aromatic rings. The van der Waals surface area contributed by atoms with E-state index >= 15 is 0 Å². The molecular formula is C23H24ClN5O3. The van der Waals surface area contributed by atoms with Crippen molar-refractivity contribution in [1.29, 1.82) is 0 Å². The lowest BCUT2D eigenvalue weighted by Crippen LogP contribution is -2.42. The molecule has 0 radical (unpaired) electrons. The quantitative estimate of drug-likeness (QED) is 0.620. The molecule has 1 N–H and O–H groups in total. The Morgan fingerprint density at radius 1 is 1.09 bits per heavy atom. The van der Waals surface area contributed by atoms with E-state index in [1.807, 2.05) is 28.8 Å². The minimum absolute atomic E-state index is 0.0306. The van der Waals surface area contributed by atoms with E-state index in [0.29, 0.717) is 36.4 Å². The van der Waals surface area contributed by atoms with Gasteiger partial charge in [0.15, 0.2) is 0 Å². The second-order valence-electron chi connectivity index (χ2n) is 7.99. The number of hydrogen-bond acceptors (Lipinski definition) is 5. The van der Waals surface area contributed by atoms with Crippen molar-refractivity contribution in [3.8, 4) is 0 Å². The first-order valence-electron chi connectivity index (χ1n) is 10.7. The van der Waals surface area contributed by atoms with Crippen molar-refractivity contribution in [2.24, 2.45) is 0 Å². The number of aromatic nitrogens is 2. The molecule has 166 valence electrons. The number of benzene rings is 2. The van der Waals surface area contributed by atoms with Gasteiger partial charge in [-0.15, -0.1) is 0 Å². The zero-order chi connectivity index (χ0) is 22.1. The zero-order valence-electron chi connectivity index (χ0n) is 17.5. The molecule has 0 spiro atoms. The van der Waals surface area contributed by atoms with E-state index in [9.17, 15) is 9.59 Å². The van der Waals surface area contributed by atoms with Gasteiger partial charge in [0, 0.05) is 36.9 Å². The third-order valence-electron chi connectivity index (χ3n) is 5.93. The van der Waals surface area contributed by atoms with Crippen LogP contribution in [0.5, 0.6) is 0 Å². The topological polar surface area (TPSA) is 79.7 Å². The number of morpholine rings is 1. The molecule has 3 heterocycles. The first-order valence-corrected chi connectivity index (χ1v) is 11.1. The van der Waals surface area contributed by atoms with Crippen LogP contribution in [0.2, 0.25) is 5.02 Å². The minimum atomic E-state index is -0.630. The van der Waals surface area contributed by atoms with Crippen LogP contribution in [-0.2, 0) is 14.3 Å². The number of fused-ring (bicyclic) bond motifs is 3. The van der Waals surface area contributed by atoms with Gasteiger partial charge in [-0.1, -0.05) is 23.7 Å². The summed E-state index contributed by atoms with van der Waals surface area (Å²) in [7, 11) is 0. The standard InChI is InChI=1S/C23H24ClN5O3/c24-16-5-7-17(8-6-16)25-21(30)15-20-22(31)28(10-9-27-11-13-32-14-12-27)23-26-18-3-1-2-4-19(18)29(20)23/h1-8,20H,9-15H2,(H,25,30)/t20-/m1/s1. The number of halogens is 1. The van der Waals surface area contributed by atoms with Crippen LogP contribution in [0.1, 0.15) is 12.5 Å². The van der Waals surface area contributed by atoms with Crippen molar-refractivity contribution < 1.29 is 14.3 Å². The largest absolute Gasteiger partial charge is 0.379 e. The van der Waals surface area contributed by atoms with Gasteiger partial charge < -0.3 is 10.1 Å². The van der Waals surface area contributed by atoms with Gasteiger partial charge in [0.1, 0.15) is 6.04 Å². The van der Waals surface area contributed by atoms with Gasteiger partial charge in [-0.25, -0.2) is 4.98 Å². The maximum absolute atomic E-state index is 13.4. The van der Waals surface area contributed by atoms with Crippen molar-refractivity contribution in [3.05, 3.63) is 53.6 Å². The first-order chi connectivity index (χ1) is 15.6. The van der Waals surface area contributed by atoms with Crippen LogP contribution in [0.15, 0.2) is 48.5 Å². The number of rotatable bonds is 6. The number of anilines is 2. The highest BCUT2D eigenvalue weighted by molar-refractivity contribution is 6.30. The normalized spacial score (nSPS) is 18.8. The van der Waals surface area contributed by atoms with Crippen LogP contribution in [0, 0.1) is 0 Å². The molecule has 0 saturated carbocycles. The van der Waals surface area contributed by atoms with Gasteiger partial charge in [0.2, 0.25) is 11.9 Å². The summed E-state index contributed by atoms with van der Waals surface area (Å²) in [6.45, 7) is 4.39. The Bertz CT molecular complexity index is 1140. The fourth-order valence-electron chi connectivity index (χ4n) is 4.29. The fraction of sp³-hybridized carbons (Fsp3) is 0.348. The average molecular weight is 454 g/mol. The number of nitrogens with one attached hydrogen (secondary N) is 1. The molecule has 2 amide bonds. The maximum atomic E-state index is 13.4. The maximum Gasteiger partial charge on any atom is 0.253 e. The summed E-state index contributed by atoms with van der Waals surface area (Å²) >= 11 is 5.92. The van der Waals surface area contributed by atoms with E-state index in [-0.39, 0.29) is 18.2 Å². The van der Waals surface area contributed by atoms with Crippen LogP contribution in [0.4, 0.5) is 11.6 Å². The second kappa shape index (κ2) is 8.90. The molecule has 0 bridgehead atoms. The summed E-state index contributed by atoms with van der Waals surface area (Å²) in [5.74, 6) is 0.274. The van der Waals surface area contributed by atoms with Gasteiger partial charge in [-0.05, 0) is 36.4 Å². The van der Waals surface area contributed by atoms with Gasteiger partial charge >= 0.3 is 0 Å². The van der Waals surface area contributed by atoms with E-state index < -0.39 is 6.04 Å². The molecule has 0 unspecified atom stereocenters. The summed E-state index contributed by atoms with van der Waals surface area (Å²) < 4.78 is 7.32. The Morgan fingerprint density at radius 3 is 2.62 bits per heavy atom. The van der Waals surface area contributed by atoms with Crippen LogP contribution in [-0.4, -0.2) is 65.7 Å². The SMILES string of the molecule is O=C(C[C@@H]1C(=O)N(CCN2CCOCC2)c2nc3ccccc3n21)Nc1ccc(Cl)cc1. The highest BCUT2D eigenvalue weighted by atomic mass is 35.5. The molecule has 1 atom stereocenters. The summed E-state index contributed by atoms with van der Waals surface area (Å²) in [6.07, 6.45) is 0.0306. The predicted molar refractivity (Wildman–Crippen MR) is 123 cm³/mol. The van der Waals surface area contributed by atoms with Gasteiger partial charge in [-0.3, -0.25) is 24.0 Å². The van der Waals surface area contributed by atoms with E-state index in [2.05, 4.69) is 10.2 Å². The highest BCUT2D eigenvalue weighted by Gasteiger charge is 2.40. The molecule has 1 fully saturated rings. The molecule has 0 aliphatic carbocycles. The van der Waals surface area contributed by atoms with E-state index in [4.69, 9.17) is 21.3 Å². The summed E-state index contributed by atoms with van der Waals surface area (Å²) in [6, 6.07) is 14.0. The van der Waals surface area contributed by atoms with Crippen LogP contribution >= 0.6 is 11.6 Å². The lowest BCUT2D eigenvalue weighted by Gasteiger charge is -2.28. The van der Waals surface area contributed by atoms with E-state index in [0.717, 1.165) is 30.7 Å². The van der Waals surface area contributed by atoms with Crippen LogP contribution in [0.3, 0.4) is 0 Å². The minimum Gasteiger partial charge on any atom is -0.379 e. The number of amides is 2. The predicted octanol–water partition coefficient (Wildman–Crippen LogP) is 2.94. The van der Waals surface area contributed by atoms with Crippen molar-refractivity contribution in [2.45, 2.75) is 12.5 Å². The van der Waals surface area contributed by atoms with E-state index in [1.54, 1.807) is 29.2 Å². The molecule has 32 heavy (non-hydrogen) atoms. The Hall–Kier alpha value is -2.94. The lowest BCUT2D eigenvalue weighted by atomic mass is 10.1. The monoisotopic (exact) mass is 453 g/mol. The first kappa shape index (κ1) is 20.9. The number of para-hydroxylation sites is 2. The van der Waals surface area contributed by atoms with Crippen molar-refractivity contribution in [3.63, 3.8) is 0 Å². The van der Waals surface area contributed by atoms with Crippen LogP contribution < -0.4 is 10.2 Å². The Balaban J connectivity index is 1.38. The number of ether oxygens (including phenoxy) is 1. The smallest absolute Gasteiger partial charge is 0.253 e. The Kier molecular flexibility index (Phi) is 5.82. The highest BCUT2D eigenvalue weighted by Crippen LogP contribution is 2.36. The number of imidazole rings is 1. The van der Waals surface area contributed by atoms with Gasteiger partial charge in [-0.2, -0.15) is 0 Å². The number of carbonyl (C=O) groups is 2. The molecule has 2 aliphatic rings. The summed E-state index contributed by atoms with van der Waals surface area (Å²) in [4.78, 5) is 34.9. The van der Waals surface area contributed by atoms with Crippen molar-refractivity contribution in [1.82, 2.24) is 14.5 Å². The van der Waals surface area contributed by atoms with Crippen molar-refractivity contribution >= 4 is 46.1 Å². The molecule has 2 aliphatic heterocycles. The number of carbonyl (C=O) groups excluding carboxylic acids is 2. The molecule has 1 saturated heterocycles. The zero-order valence-corrected chi connectivity index (χ0v) is 18.3. The Morgan fingerprint density at radius 2 is 1.84 bits per heavy atom. The summed E-state index contributed by atoms with van der Waals surface area (Å²) in [5.41, 5.74) is 2.31. The number of hydrogen-bond donors (Lipinski definition) is 1. The molecule has 5 rings (SSSR count). The van der Waals surface area contributed by atoms with Gasteiger partial charge in [0.25, 0.3) is 5.91 Å². The average Bonchev–Trinajstić information content (AvgIpc) is 3.29. The second-order valence-corrected chi connectivity index (χ2v) is 8.43. The molecular weight excluding hydrogens is 430 g/mol. The molecule has 2 aromatic carbocycles.